The van der Waals surface area contributed by atoms with Crippen LogP contribution in [-0.4, -0.2) is 21.2 Å². The van der Waals surface area contributed by atoms with Crippen molar-refractivity contribution in [3.8, 4) is 5.75 Å². The summed E-state index contributed by atoms with van der Waals surface area (Å²) < 4.78 is 0.492. The quantitative estimate of drug-likeness (QED) is 0.420. The van der Waals surface area contributed by atoms with Gasteiger partial charge in [0.05, 0.1) is 16.1 Å². The SMILES string of the molecule is O=[N+]([O-])c1cc(Br)cc(C=Nc2ccc3ncccc3c2)c1O. The summed E-state index contributed by atoms with van der Waals surface area (Å²) in [4.78, 5) is 18.8. The summed E-state index contributed by atoms with van der Waals surface area (Å²) >= 11 is 3.19. The Kier molecular flexibility index (Phi) is 4.03. The molecule has 0 saturated carbocycles. The zero-order valence-electron chi connectivity index (χ0n) is 11.7. The molecule has 0 bridgehead atoms. The molecule has 1 N–H and O–H groups in total. The molecule has 1 heterocycles. The number of hydrogen-bond acceptors (Lipinski definition) is 5. The van der Waals surface area contributed by atoms with Crippen LogP contribution in [0.3, 0.4) is 0 Å². The van der Waals surface area contributed by atoms with Crippen LogP contribution in [0.1, 0.15) is 5.56 Å². The highest BCUT2D eigenvalue weighted by Gasteiger charge is 2.17. The van der Waals surface area contributed by atoms with E-state index >= 15 is 0 Å². The standard InChI is InChI=1S/C16H10BrN3O3/c17-12-6-11(16(21)15(8-12)20(22)23)9-19-13-3-4-14-10(7-13)2-1-5-18-14/h1-9,21H. The van der Waals surface area contributed by atoms with Crippen LogP contribution in [0, 0.1) is 10.1 Å². The number of pyridine rings is 1. The van der Waals surface area contributed by atoms with E-state index in [0.29, 0.717) is 10.2 Å². The van der Waals surface area contributed by atoms with E-state index in [0.717, 1.165) is 10.9 Å². The second kappa shape index (κ2) is 6.13. The first-order valence-electron chi connectivity index (χ1n) is 6.60. The highest BCUT2D eigenvalue weighted by Crippen LogP contribution is 2.32. The Hall–Kier alpha value is -2.80. The van der Waals surface area contributed by atoms with Crippen molar-refractivity contribution in [1.29, 1.82) is 0 Å². The van der Waals surface area contributed by atoms with Crippen LogP contribution in [0.4, 0.5) is 11.4 Å². The van der Waals surface area contributed by atoms with E-state index in [1.54, 1.807) is 18.3 Å². The lowest BCUT2D eigenvalue weighted by Crippen LogP contribution is -1.92. The number of aromatic hydroxyl groups is 1. The lowest BCUT2D eigenvalue weighted by atomic mass is 10.2. The van der Waals surface area contributed by atoms with Gasteiger partial charge in [-0.15, -0.1) is 0 Å². The lowest BCUT2D eigenvalue weighted by Gasteiger charge is -2.02. The molecule has 6 nitrogen and oxygen atoms in total. The fourth-order valence-corrected chi connectivity index (χ4v) is 2.59. The second-order valence-corrected chi connectivity index (χ2v) is 5.67. The van der Waals surface area contributed by atoms with Gasteiger partial charge in [-0.3, -0.25) is 20.1 Å². The predicted molar refractivity (Wildman–Crippen MR) is 91.5 cm³/mol. The fraction of sp³-hybridized carbons (Fsp3) is 0. The number of hydrogen-bond donors (Lipinski definition) is 1. The van der Waals surface area contributed by atoms with Crippen LogP contribution in [0.5, 0.6) is 5.75 Å². The van der Waals surface area contributed by atoms with Gasteiger partial charge in [-0.05, 0) is 30.3 Å². The number of fused-ring (bicyclic) bond motifs is 1. The first-order valence-corrected chi connectivity index (χ1v) is 7.39. The molecule has 0 unspecified atom stereocenters. The van der Waals surface area contributed by atoms with Gasteiger partial charge in [-0.25, -0.2) is 0 Å². The summed E-state index contributed by atoms with van der Waals surface area (Å²) in [5.41, 5.74) is 1.40. The van der Waals surface area contributed by atoms with Crippen molar-refractivity contribution in [3.05, 3.63) is 68.8 Å². The highest BCUT2D eigenvalue weighted by molar-refractivity contribution is 9.10. The summed E-state index contributed by atoms with van der Waals surface area (Å²) in [6.07, 6.45) is 3.11. The van der Waals surface area contributed by atoms with Crippen LogP contribution in [0.15, 0.2) is 58.1 Å². The lowest BCUT2D eigenvalue weighted by molar-refractivity contribution is -0.385. The van der Waals surface area contributed by atoms with Gasteiger partial charge in [-0.2, -0.15) is 0 Å². The van der Waals surface area contributed by atoms with Gasteiger partial charge >= 0.3 is 5.69 Å². The number of halogens is 1. The maximum Gasteiger partial charge on any atom is 0.312 e. The molecule has 3 rings (SSSR count). The number of benzene rings is 2. The van der Waals surface area contributed by atoms with E-state index in [1.165, 1.54) is 12.3 Å². The van der Waals surface area contributed by atoms with Gasteiger partial charge in [-0.1, -0.05) is 22.0 Å². The number of aromatic nitrogens is 1. The molecule has 114 valence electrons. The van der Waals surface area contributed by atoms with Crippen molar-refractivity contribution in [2.45, 2.75) is 0 Å². The zero-order chi connectivity index (χ0) is 16.4. The molecule has 7 heteroatoms. The van der Waals surface area contributed by atoms with Gasteiger partial charge in [0.25, 0.3) is 0 Å². The molecule has 0 aliphatic heterocycles. The van der Waals surface area contributed by atoms with E-state index in [4.69, 9.17) is 0 Å². The molecule has 23 heavy (non-hydrogen) atoms. The number of nitrogens with zero attached hydrogens (tertiary/aromatic N) is 3. The van der Waals surface area contributed by atoms with Gasteiger partial charge in [0.15, 0.2) is 0 Å². The Morgan fingerprint density at radius 1 is 1.26 bits per heavy atom. The second-order valence-electron chi connectivity index (χ2n) is 4.76. The van der Waals surface area contributed by atoms with Crippen molar-refractivity contribution in [2.24, 2.45) is 4.99 Å². The average Bonchev–Trinajstić information content (AvgIpc) is 2.55. The van der Waals surface area contributed by atoms with E-state index in [9.17, 15) is 15.2 Å². The average molecular weight is 372 g/mol. The van der Waals surface area contributed by atoms with Crippen molar-refractivity contribution in [2.75, 3.05) is 0 Å². The zero-order valence-corrected chi connectivity index (χ0v) is 13.3. The van der Waals surface area contributed by atoms with Gasteiger partial charge in [0, 0.05) is 33.9 Å². The maximum atomic E-state index is 10.9. The number of nitro groups is 1. The van der Waals surface area contributed by atoms with Crippen LogP contribution >= 0.6 is 15.9 Å². The summed E-state index contributed by atoms with van der Waals surface area (Å²) in [7, 11) is 0. The minimum atomic E-state index is -0.640. The Labute approximate surface area is 139 Å². The van der Waals surface area contributed by atoms with Crippen molar-refractivity contribution in [1.82, 2.24) is 4.98 Å². The number of phenolic OH excluding ortho intramolecular Hbond substituents is 1. The first-order chi connectivity index (χ1) is 11.0. The van der Waals surface area contributed by atoms with Gasteiger partial charge in [0.2, 0.25) is 5.75 Å². The van der Waals surface area contributed by atoms with Gasteiger partial charge in [0.1, 0.15) is 0 Å². The molecular formula is C16H10BrN3O3. The van der Waals surface area contributed by atoms with E-state index in [1.807, 2.05) is 24.3 Å². The molecule has 0 spiro atoms. The molecule has 2 aromatic carbocycles. The Bertz CT molecular complexity index is 941. The molecule has 0 aliphatic carbocycles. The van der Waals surface area contributed by atoms with Crippen molar-refractivity contribution in [3.63, 3.8) is 0 Å². The number of phenols is 1. The van der Waals surface area contributed by atoms with E-state index < -0.39 is 10.7 Å². The third kappa shape index (κ3) is 3.19. The van der Waals surface area contributed by atoms with Crippen LogP contribution in [-0.2, 0) is 0 Å². The highest BCUT2D eigenvalue weighted by atomic mass is 79.9. The number of nitro benzene ring substituents is 1. The molecule has 3 aromatic rings. The molecule has 0 amide bonds. The third-order valence-electron chi connectivity index (χ3n) is 3.22. The normalized spacial score (nSPS) is 11.2. The van der Waals surface area contributed by atoms with E-state index in [2.05, 4.69) is 25.9 Å². The molecule has 0 fully saturated rings. The summed E-state index contributed by atoms with van der Waals surface area (Å²) in [5.74, 6) is -0.413. The Morgan fingerprint density at radius 3 is 2.87 bits per heavy atom. The number of aliphatic imine (C=N–C) groups is 1. The largest absolute Gasteiger partial charge is 0.502 e. The predicted octanol–water partition coefficient (Wildman–Crippen LogP) is 4.36. The molecule has 0 atom stereocenters. The van der Waals surface area contributed by atoms with Crippen molar-refractivity contribution < 1.29 is 10.0 Å². The third-order valence-corrected chi connectivity index (χ3v) is 3.68. The van der Waals surface area contributed by atoms with Crippen LogP contribution < -0.4 is 0 Å². The molecule has 0 radical (unpaired) electrons. The molecule has 0 saturated heterocycles. The molecule has 1 aromatic heterocycles. The Morgan fingerprint density at radius 2 is 2.09 bits per heavy atom. The van der Waals surface area contributed by atoms with Crippen LogP contribution in [0.25, 0.3) is 10.9 Å². The summed E-state index contributed by atoms with van der Waals surface area (Å²) in [6, 6.07) is 12.0. The topological polar surface area (TPSA) is 88.6 Å². The van der Waals surface area contributed by atoms with Crippen LogP contribution in [0.2, 0.25) is 0 Å². The first kappa shape index (κ1) is 15.1. The fourth-order valence-electron chi connectivity index (χ4n) is 2.13. The minimum Gasteiger partial charge on any atom is -0.502 e. The van der Waals surface area contributed by atoms with E-state index in [-0.39, 0.29) is 11.3 Å². The maximum absolute atomic E-state index is 10.9. The molecule has 0 aliphatic rings. The monoisotopic (exact) mass is 371 g/mol. The molecular weight excluding hydrogens is 362 g/mol. The summed E-state index contributed by atoms with van der Waals surface area (Å²) in [6.45, 7) is 0. The minimum absolute atomic E-state index is 0.261. The number of rotatable bonds is 3. The summed E-state index contributed by atoms with van der Waals surface area (Å²) in [5, 5.41) is 21.8. The smallest absolute Gasteiger partial charge is 0.312 e. The Balaban J connectivity index is 2.00. The van der Waals surface area contributed by atoms with Crippen molar-refractivity contribution >= 4 is 44.4 Å². The van der Waals surface area contributed by atoms with Gasteiger partial charge < -0.3 is 5.11 Å².